The van der Waals surface area contributed by atoms with Crippen molar-refractivity contribution in [2.75, 3.05) is 0 Å². The van der Waals surface area contributed by atoms with Gasteiger partial charge in [-0.2, -0.15) is 39.5 Å². The molecule has 4 aromatic carbocycles. The normalized spacial score (nSPS) is 16.3. The van der Waals surface area contributed by atoms with Gasteiger partial charge in [-0.1, -0.05) is 24.3 Å². The van der Waals surface area contributed by atoms with Crippen LogP contribution in [-0.2, 0) is 23.5 Å². The van der Waals surface area contributed by atoms with E-state index in [4.69, 9.17) is 4.74 Å². The molecule has 0 aliphatic carbocycles. The Bertz CT molecular complexity index is 2290. The van der Waals surface area contributed by atoms with Crippen LogP contribution in [0.2, 0.25) is 0 Å². The Morgan fingerprint density at radius 2 is 0.981 bits per heavy atom. The number of carbonyl (C=O) groups is 1. The van der Waals surface area contributed by atoms with Crippen LogP contribution in [0.1, 0.15) is 10.4 Å². The quantitative estimate of drug-likeness (QED) is 0.0794. The Balaban J connectivity index is 1.97. The predicted octanol–water partition coefficient (Wildman–Crippen LogP) is 6.74. The van der Waals surface area contributed by atoms with Gasteiger partial charge in [0, 0.05) is 5.56 Å². The third-order valence-corrected chi connectivity index (χ3v) is 14.6. The van der Waals surface area contributed by atoms with Crippen molar-refractivity contribution in [1.82, 2.24) is 0 Å². The molecule has 0 bridgehead atoms. The van der Waals surface area contributed by atoms with E-state index >= 15 is 0 Å². The van der Waals surface area contributed by atoms with E-state index < -0.39 is 93.3 Å². The van der Waals surface area contributed by atoms with E-state index in [0.29, 0.717) is 23.3 Å². The number of aromatic hydroxyl groups is 1. The molecule has 280 valence electrons. The number of alkyl halides is 9. The van der Waals surface area contributed by atoms with E-state index in [-0.39, 0.29) is 17.2 Å². The first-order valence-corrected chi connectivity index (χ1v) is 19.8. The second-order valence-electron chi connectivity index (χ2n) is 10.4. The molecule has 4 N–H and O–H groups in total. The lowest BCUT2D eigenvalue weighted by molar-refractivity contribution is -0.0547. The smallest absolute Gasteiger partial charge is 0.470 e. The number of hydrogen-bond donors (Lipinski definition) is 4. The number of aldehydes is 1. The fourth-order valence-electron chi connectivity index (χ4n) is 4.53. The molecule has 0 saturated carbocycles. The highest BCUT2D eigenvalue weighted by molar-refractivity contribution is 7.92. The number of phenols is 1. The van der Waals surface area contributed by atoms with Crippen molar-refractivity contribution < 1.29 is 90.9 Å². The summed E-state index contributed by atoms with van der Waals surface area (Å²) in [5.74, 6) is -20.4. The summed E-state index contributed by atoms with van der Waals surface area (Å²) >= 11 is 0. The number of hydrogen-bond acceptors (Lipinski definition) is 8. The van der Waals surface area contributed by atoms with Crippen molar-refractivity contribution in [3.8, 4) is 28.4 Å². The summed E-state index contributed by atoms with van der Waals surface area (Å²) in [6.07, 6.45) is -0.925. The van der Waals surface area contributed by atoms with Crippen molar-refractivity contribution in [2.24, 2.45) is 0 Å². The fourth-order valence-corrected chi connectivity index (χ4v) is 11.6. The molecule has 52 heavy (non-hydrogen) atoms. The summed E-state index contributed by atoms with van der Waals surface area (Å²) < 4.78 is 196. The Kier molecular flexibility index (Phi) is 10.6. The largest absolute Gasteiger partial charge is 0.508 e. The van der Waals surface area contributed by atoms with Crippen molar-refractivity contribution in [3.05, 3.63) is 84.4 Å². The number of rotatable bonds is 9. The molecule has 4 rings (SSSR count). The molecule has 3 atom stereocenters. The molecule has 0 saturated heterocycles. The van der Waals surface area contributed by atoms with Crippen LogP contribution in [0, 0.1) is 0 Å². The average Bonchev–Trinajstić information content (AvgIpc) is 3.03. The molecule has 0 heterocycles. The highest BCUT2D eigenvalue weighted by atomic mass is 32.2. The predicted molar refractivity (Wildman–Crippen MR) is 164 cm³/mol. The van der Waals surface area contributed by atoms with Gasteiger partial charge in [-0.05, 0) is 65.7 Å². The standard InChI is InChI=1S/C28H18F9O11P3S/c29-26(30,31)49(40,41)22-13-17(14-38)25(24(51(44,45)28(35,36)37)23(22)50(42,43)27(32,33)34)52(46,47)21-11-9-20(10-12-21)48-19-7-3-16(4-8-19)15-1-5-18(39)6-2-15/h1-14,39H,(H,40,41)(H,42,43)(H,44,45). The van der Waals surface area contributed by atoms with Gasteiger partial charge < -0.3 is 24.5 Å². The molecule has 3 unspecified atom stereocenters. The minimum absolute atomic E-state index is 0.00286. The van der Waals surface area contributed by atoms with Gasteiger partial charge in [0.2, 0.25) is 9.84 Å². The van der Waals surface area contributed by atoms with E-state index in [9.17, 15) is 86.2 Å². The molecular formula is C28H18F9O11P3S. The molecule has 0 spiro atoms. The van der Waals surface area contributed by atoms with E-state index in [0.717, 1.165) is 12.1 Å². The summed E-state index contributed by atoms with van der Waals surface area (Å²) in [4.78, 5) is 37.9. The zero-order valence-corrected chi connectivity index (χ0v) is 28.4. The van der Waals surface area contributed by atoms with Gasteiger partial charge in [-0.25, -0.2) is 8.42 Å². The molecule has 0 fully saturated rings. The third-order valence-electron chi connectivity index (χ3n) is 7.02. The zero-order valence-electron chi connectivity index (χ0n) is 24.9. The number of carbonyl (C=O) groups excluding carboxylic acids is 1. The second kappa shape index (κ2) is 13.5. The Labute approximate surface area is 285 Å². The van der Waals surface area contributed by atoms with Crippen molar-refractivity contribution in [2.45, 2.75) is 27.5 Å². The van der Waals surface area contributed by atoms with Crippen LogP contribution in [0.4, 0.5) is 39.5 Å². The van der Waals surface area contributed by atoms with Crippen LogP contribution in [0.5, 0.6) is 17.2 Å². The number of benzene rings is 4. The maximum Gasteiger partial charge on any atom is 0.470 e. The zero-order chi connectivity index (χ0) is 39.5. The van der Waals surface area contributed by atoms with Crippen LogP contribution in [0.3, 0.4) is 0 Å². The number of phenolic OH excluding ortho intramolecular Hbond substituents is 1. The van der Waals surface area contributed by atoms with E-state index in [1.54, 1.807) is 24.3 Å². The lowest BCUT2D eigenvalue weighted by Gasteiger charge is -2.29. The molecule has 0 aliphatic rings. The van der Waals surface area contributed by atoms with Crippen LogP contribution in [0.25, 0.3) is 11.1 Å². The first-order valence-electron chi connectivity index (χ1n) is 13.4. The van der Waals surface area contributed by atoms with Gasteiger partial charge in [0.1, 0.15) is 17.2 Å². The van der Waals surface area contributed by atoms with Gasteiger partial charge in [0.25, 0.3) is 0 Å². The van der Waals surface area contributed by atoms with Crippen LogP contribution < -0.4 is 20.7 Å². The van der Waals surface area contributed by atoms with E-state index in [1.807, 2.05) is 0 Å². The van der Waals surface area contributed by atoms with Crippen LogP contribution >= 0.6 is 22.1 Å². The third kappa shape index (κ3) is 7.31. The summed E-state index contributed by atoms with van der Waals surface area (Å²) in [7, 11) is -29.7. The first-order chi connectivity index (χ1) is 23.6. The number of sulfone groups is 1. The molecule has 0 radical (unpaired) electrons. The Morgan fingerprint density at radius 1 is 0.596 bits per heavy atom. The molecule has 0 amide bonds. The highest BCUT2D eigenvalue weighted by Crippen LogP contribution is 2.65. The summed E-state index contributed by atoms with van der Waals surface area (Å²) in [6, 6.07) is 13.7. The van der Waals surface area contributed by atoms with Gasteiger partial charge in [-0.15, -0.1) is 0 Å². The summed E-state index contributed by atoms with van der Waals surface area (Å²) in [5.41, 5.74) is -0.760. The van der Waals surface area contributed by atoms with Crippen molar-refractivity contribution >= 4 is 54.1 Å². The monoisotopic (exact) mass is 826 g/mol. The van der Waals surface area contributed by atoms with Crippen LogP contribution in [-0.4, -0.2) is 52.2 Å². The van der Waals surface area contributed by atoms with Crippen molar-refractivity contribution in [1.29, 1.82) is 0 Å². The highest BCUT2D eigenvalue weighted by Gasteiger charge is 2.65. The first kappa shape index (κ1) is 40.8. The SMILES string of the molecule is O=Cc1cc(P(=O)(O)C(F)(F)F)c(P(=O)(O)C(F)(F)F)c(P(=O)(O)C(F)(F)F)c1S(=O)(=O)c1ccc(Oc2ccc(-c3ccc(O)cc3)cc2)cc1. The lowest BCUT2D eigenvalue weighted by atomic mass is 10.1. The lowest BCUT2D eigenvalue weighted by Crippen LogP contribution is -2.47. The molecule has 0 aromatic heterocycles. The van der Waals surface area contributed by atoms with E-state index in [2.05, 4.69) is 0 Å². The number of halogens is 9. The van der Waals surface area contributed by atoms with Gasteiger partial charge >= 0.3 is 39.9 Å². The second-order valence-corrected chi connectivity index (χ2v) is 18.6. The van der Waals surface area contributed by atoms with Crippen LogP contribution in [0.15, 0.2) is 88.7 Å². The van der Waals surface area contributed by atoms with E-state index in [1.165, 1.54) is 24.3 Å². The maximum atomic E-state index is 14.0. The molecule has 11 nitrogen and oxygen atoms in total. The average molecular weight is 826 g/mol. The molecule has 4 aromatic rings. The molecule has 0 aliphatic heterocycles. The number of ether oxygens (including phenoxy) is 1. The summed E-state index contributed by atoms with van der Waals surface area (Å²) in [5, 5.41) is -0.484. The topological polar surface area (TPSA) is 193 Å². The minimum Gasteiger partial charge on any atom is -0.508 e. The minimum atomic E-state index is -8.00. The Hall–Kier alpha value is -3.96. The molecular weight excluding hydrogens is 808 g/mol. The molecule has 24 heteroatoms. The van der Waals surface area contributed by atoms with Crippen molar-refractivity contribution in [3.63, 3.8) is 0 Å². The van der Waals surface area contributed by atoms with Gasteiger partial charge in [0.15, 0.2) is 6.29 Å². The summed E-state index contributed by atoms with van der Waals surface area (Å²) in [6.45, 7) is 0. The fraction of sp³-hybridized carbons (Fsp3) is 0.107. The van der Waals surface area contributed by atoms with Gasteiger partial charge in [-0.3, -0.25) is 18.5 Å². The Morgan fingerprint density at radius 3 is 1.38 bits per heavy atom. The van der Waals surface area contributed by atoms with Gasteiger partial charge in [0.05, 0.1) is 25.7 Å². The maximum absolute atomic E-state index is 14.0.